The van der Waals surface area contributed by atoms with Crippen LogP contribution in [0.15, 0.2) is 244 Å². The Labute approximate surface area is 814 Å². The van der Waals surface area contributed by atoms with Gasteiger partial charge in [-0.3, -0.25) is 46.0 Å². The summed E-state index contributed by atoms with van der Waals surface area (Å²) in [6, 6.07) is 49.1. The van der Waals surface area contributed by atoms with Gasteiger partial charge in [0.05, 0.1) is 102 Å². The number of nitrogens with zero attached hydrogens (tertiary/aromatic N) is 19. The number of allylic oxidation sites excluding steroid dienone is 2. The lowest BCUT2D eigenvalue weighted by molar-refractivity contribution is 0.311. The largest absolute Gasteiger partial charge is 0.495 e. The van der Waals surface area contributed by atoms with E-state index >= 15 is 0 Å². The van der Waals surface area contributed by atoms with Gasteiger partial charge in [0, 0.05) is 237 Å². The number of aromatic amines is 1. The molecule has 13 aromatic heterocycles. The molecular weight excluding hydrogens is 1790 g/mol. The van der Waals surface area contributed by atoms with Gasteiger partial charge in [-0.2, -0.15) is 0 Å². The minimum Gasteiger partial charge on any atom is -0.495 e. The van der Waals surface area contributed by atoms with Crippen molar-refractivity contribution >= 4 is 85.6 Å². The normalized spacial score (nSPS) is 16.3. The van der Waals surface area contributed by atoms with E-state index in [0.717, 1.165) is 185 Å². The van der Waals surface area contributed by atoms with E-state index in [4.69, 9.17) is 45.3 Å². The number of anilines is 5. The number of benzene rings is 3. The van der Waals surface area contributed by atoms with Crippen molar-refractivity contribution < 1.29 is 23.7 Å². The van der Waals surface area contributed by atoms with Crippen LogP contribution < -0.4 is 97.2 Å². The van der Waals surface area contributed by atoms with Gasteiger partial charge in [0.1, 0.15) is 45.5 Å². The van der Waals surface area contributed by atoms with E-state index < -0.39 is 0 Å². The van der Waals surface area contributed by atoms with Crippen molar-refractivity contribution in [3.63, 3.8) is 0 Å². The summed E-state index contributed by atoms with van der Waals surface area (Å²) in [6.07, 6.45) is 18.7. The second-order valence-corrected chi connectivity index (χ2v) is 35.6. The Morgan fingerprint density at radius 2 is 0.779 bits per heavy atom. The lowest BCUT2D eigenvalue weighted by atomic mass is 10.1. The van der Waals surface area contributed by atoms with E-state index in [0.29, 0.717) is 127 Å². The zero-order valence-corrected chi connectivity index (χ0v) is 81.4. The first-order chi connectivity index (χ1) is 67.9. The number of fused-ring (bicyclic) bond motifs is 6. The number of aryl methyl sites for hydroxylation is 2. The number of halogens is 1. The molecule has 0 bridgehead atoms. The van der Waals surface area contributed by atoms with Gasteiger partial charge in [-0.1, -0.05) is 18.2 Å². The summed E-state index contributed by atoms with van der Waals surface area (Å²) in [5.74, 6) is 3.92. The molecule has 34 nitrogen and oxygen atoms in total. The molecular formula is C105H117ClN24O10. The first-order valence-electron chi connectivity index (χ1n) is 47.2. The third kappa shape index (κ3) is 22.7. The number of piperazine rings is 5. The number of pyridine rings is 6. The molecule has 140 heavy (non-hydrogen) atoms. The van der Waals surface area contributed by atoms with Crippen LogP contribution >= 0.6 is 11.6 Å². The molecule has 16 aromatic rings. The standard InChI is InChI=1S/C22H26N4O3.C21H22N6O.C21H24N6O.C21H24N4O3.C20H21ClN4O2/c1-4-29-20-11-16(5-7-19(20)28-3)18-12-22(27)26-14-17(6-8-21(26)24-18)25-10-9-23-15(2)13-25;1-15-12-26-13-16(3-5-19(26)22-15)18-11-21(28)27-14-17(4-6-20(27)23-18)25-9-7-24(2)8-10-25;1-14(4-6-19-23-11-15(2)24-19)18-10-21(28)27-13-17(5-7-20(27)25-18)26-9-8-22-16(3)12-26;1-3-28-19-12-15(4-6-18(19)27-2)17-13-21(26)25-14-16(5-7-20(25)23-17)24-10-8-22-9-11-24;1-13-11-24(8-7-22-13)15-4-6-19-23-17(10-20(26)25(19)12-15)14-3-5-18(27-2)16(21)9-14/h5-8,11-12,14-15,23H,4,9-10,13H2,1-3H3;3-6,11-14H,7-10H2,1-2H3;4-7,10-11,13,16,22H,1,8-9,12H2,2-3H3,(H,23,24);4-7,12-14,22H,3,8-11H2,1-2H3;3-6,9-10,12-13,22H,7-8,11H2,1-2H3/b;;6-4-;;/t15-;;16-;;13-/m0.0.0/s1. The second-order valence-electron chi connectivity index (χ2n) is 35.2. The quantitative estimate of drug-likeness (QED) is 0.0470. The van der Waals surface area contributed by atoms with Crippen LogP contribution in [0.3, 0.4) is 0 Å². The van der Waals surface area contributed by atoms with Gasteiger partial charge in [0.2, 0.25) is 0 Å². The zero-order chi connectivity index (χ0) is 97.8. The molecule has 3 atom stereocenters. The molecule has 0 radical (unpaired) electrons. The minimum absolute atomic E-state index is 0.0714. The summed E-state index contributed by atoms with van der Waals surface area (Å²) in [6.45, 7) is 35.4. The van der Waals surface area contributed by atoms with Crippen LogP contribution in [0.4, 0.5) is 28.4 Å². The number of likely N-dealkylation sites (N-methyl/N-ethyl adjacent to an activating group) is 1. The van der Waals surface area contributed by atoms with Crippen LogP contribution in [0.5, 0.6) is 28.7 Å². The molecule has 0 spiro atoms. The molecule has 3 aromatic carbocycles. The van der Waals surface area contributed by atoms with Crippen molar-refractivity contribution in [2.24, 2.45) is 0 Å². The van der Waals surface area contributed by atoms with E-state index in [9.17, 15) is 24.0 Å². The summed E-state index contributed by atoms with van der Waals surface area (Å²) in [5.41, 5.74) is 17.6. The van der Waals surface area contributed by atoms with Crippen molar-refractivity contribution in [2.45, 2.75) is 66.6 Å². The number of rotatable bonds is 19. The van der Waals surface area contributed by atoms with E-state index in [1.807, 2.05) is 197 Å². The van der Waals surface area contributed by atoms with Crippen molar-refractivity contribution in [3.05, 3.63) is 300 Å². The molecule has 5 aliphatic rings. The average Bonchev–Trinajstić information content (AvgIpc) is 1.24. The van der Waals surface area contributed by atoms with E-state index in [1.165, 1.54) is 12.1 Å². The number of methoxy groups -OCH3 is 3. The third-order valence-electron chi connectivity index (χ3n) is 25.1. The first kappa shape index (κ1) is 96.6. The molecule has 5 aliphatic heterocycles. The topological polar surface area (TPSA) is 332 Å². The molecule has 18 heterocycles. The zero-order valence-electron chi connectivity index (χ0n) is 80.6. The summed E-state index contributed by atoms with van der Waals surface area (Å²) >= 11 is 6.21. The fourth-order valence-corrected chi connectivity index (χ4v) is 18.0. The number of aromatic nitrogens is 14. The Balaban J connectivity index is 0.000000121. The highest BCUT2D eigenvalue weighted by molar-refractivity contribution is 6.32. The summed E-state index contributed by atoms with van der Waals surface area (Å²) in [7, 11) is 6.91. The minimum atomic E-state index is -0.119. The van der Waals surface area contributed by atoms with Gasteiger partial charge >= 0.3 is 0 Å². The Bertz CT molecular complexity index is 7570. The van der Waals surface area contributed by atoms with Crippen molar-refractivity contribution in [3.8, 4) is 73.8 Å². The molecule has 724 valence electrons. The average molecular weight is 1910 g/mol. The summed E-state index contributed by atoms with van der Waals surface area (Å²) < 4.78 is 37.2. The third-order valence-corrected chi connectivity index (χ3v) is 25.4. The van der Waals surface area contributed by atoms with Gasteiger partial charge < -0.3 is 83.7 Å². The Hall–Kier alpha value is -15.1. The highest BCUT2D eigenvalue weighted by Crippen LogP contribution is 2.36. The molecule has 0 aliphatic carbocycles. The maximum Gasteiger partial charge on any atom is 0.258 e. The number of ether oxygens (including phenoxy) is 5. The predicted molar refractivity (Wildman–Crippen MR) is 555 cm³/mol. The highest BCUT2D eigenvalue weighted by Gasteiger charge is 2.25. The Morgan fingerprint density at radius 1 is 0.407 bits per heavy atom. The van der Waals surface area contributed by atoms with Crippen LogP contribution in [0, 0.1) is 13.8 Å². The van der Waals surface area contributed by atoms with Crippen LogP contribution in [0.2, 0.25) is 5.02 Å². The number of H-pyrrole nitrogens is 1. The van der Waals surface area contributed by atoms with Crippen LogP contribution in [0.25, 0.3) is 90.6 Å². The first-order valence-corrected chi connectivity index (χ1v) is 47.6. The molecule has 5 saturated heterocycles. The van der Waals surface area contributed by atoms with Gasteiger partial charge in [-0.25, -0.2) is 34.9 Å². The lowest BCUT2D eigenvalue weighted by Gasteiger charge is -2.34. The van der Waals surface area contributed by atoms with Crippen molar-refractivity contribution in [1.82, 2.24) is 92.4 Å². The monoisotopic (exact) mass is 1910 g/mol. The maximum absolute atomic E-state index is 12.8. The number of hydrogen-bond donors (Lipinski definition) is 5. The Morgan fingerprint density at radius 3 is 1.18 bits per heavy atom. The van der Waals surface area contributed by atoms with E-state index in [2.05, 4.69) is 121 Å². The summed E-state index contributed by atoms with van der Waals surface area (Å²) in [4.78, 5) is 113. The molecule has 0 unspecified atom stereocenters. The number of nitrogens with one attached hydrogen (secondary N) is 5. The maximum atomic E-state index is 12.8. The van der Waals surface area contributed by atoms with Crippen LogP contribution in [0.1, 0.15) is 57.5 Å². The molecule has 5 fully saturated rings. The molecule has 0 amide bonds. The van der Waals surface area contributed by atoms with Crippen LogP contribution in [-0.4, -0.2) is 242 Å². The Kier molecular flexibility index (Phi) is 30.2. The van der Waals surface area contributed by atoms with Crippen molar-refractivity contribution in [2.75, 3.05) is 177 Å². The molecule has 5 N–H and O–H groups in total. The van der Waals surface area contributed by atoms with E-state index in [-0.39, 0.29) is 27.8 Å². The van der Waals surface area contributed by atoms with Crippen molar-refractivity contribution in [1.29, 1.82) is 0 Å². The SMILES string of the molecule is C=C(/C=C\c1ncc(C)[nH]1)c1cc(=O)n2cc(N3CCN[C@@H](C)C3)ccc2n1.CCOc1cc(-c2cc(=O)n3cc(N4CCNCC4)ccc3n2)ccc1OC.CCOc1cc(-c2cc(=O)n3cc(N4CCN[C@@H](C)C4)ccc3n2)ccc1OC.COc1ccc(-c2cc(=O)n3cc(N4CCN[C@@H](C)C4)ccc3n2)cc1Cl.Cc1cn2cc(-c3cc(=O)n4cc(N5CCN(C)CC5)ccc4n3)ccc2n1. The van der Waals surface area contributed by atoms with Gasteiger partial charge in [-0.05, 0) is 201 Å². The predicted octanol–water partition coefficient (Wildman–Crippen LogP) is 11.9. The number of hydrogen-bond acceptors (Lipinski definition) is 27. The summed E-state index contributed by atoms with van der Waals surface area (Å²) in [5, 5.41) is 14.1. The molecule has 21 rings (SSSR count). The van der Waals surface area contributed by atoms with Crippen LogP contribution in [-0.2, 0) is 0 Å². The fourth-order valence-electron chi connectivity index (χ4n) is 17.7. The number of imidazole rings is 2. The molecule has 0 saturated carbocycles. The fraction of sp³-hybridized carbons (Fsp3) is 0.314. The van der Waals surface area contributed by atoms with E-state index in [1.54, 1.807) is 79.9 Å². The second kappa shape index (κ2) is 43.7. The van der Waals surface area contributed by atoms with Gasteiger partial charge in [0.15, 0.2) is 23.0 Å². The van der Waals surface area contributed by atoms with Gasteiger partial charge in [0.25, 0.3) is 27.8 Å². The van der Waals surface area contributed by atoms with Gasteiger partial charge in [-0.15, -0.1) is 0 Å². The lowest BCUT2D eigenvalue weighted by Crippen LogP contribution is -2.49. The highest BCUT2D eigenvalue weighted by atomic mass is 35.5. The smallest absolute Gasteiger partial charge is 0.258 e. The molecule has 35 heteroatoms.